The molecule has 11 heavy (non-hydrogen) atoms. The average molecular weight is 225 g/mol. The molecule has 0 aromatic rings. The van der Waals surface area contributed by atoms with Crippen molar-refractivity contribution >= 4 is 0 Å². The summed E-state index contributed by atoms with van der Waals surface area (Å²) in [5.74, 6) is 0. The minimum atomic E-state index is -1.75. The van der Waals surface area contributed by atoms with Crippen LogP contribution in [-0.4, -0.2) is 37.9 Å². The van der Waals surface area contributed by atoms with Crippen molar-refractivity contribution in [2.45, 2.75) is 0 Å². The molecule has 0 aromatic heterocycles. The van der Waals surface area contributed by atoms with E-state index in [0.717, 1.165) is 0 Å². The van der Waals surface area contributed by atoms with Crippen LogP contribution in [0.15, 0.2) is 0 Å². The van der Waals surface area contributed by atoms with Crippen LogP contribution in [0.1, 0.15) is 0 Å². The molecule has 0 saturated carbocycles. The fourth-order valence-corrected chi connectivity index (χ4v) is 0. The molecule has 0 atom stereocenters. The maximum Gasteiger partial charge on any atom is 2.00 e. The molecule has 0 aliphatic carbocycles. The Kier molecular flexibility index (Phi) is 1540. The van der Waals surface area contributed by atoms with Gasteiger partial charge in [-0.2, -0.15) is 0 Å². The van der Waals surface area contributed by atoms with Gasteiger partial charge >= 0.3 is 17.1 Å². The summed E-state index contributed by atoms with van der Waals surface area (Å²) in [6.07, 6.45) is 0. The summed E-state index contributed by atoms with van der Waals surface area (Å²) in [6, 6.07) is 0. The number of hydrogen-bond donors (Lipinski definition) is 0. The molecule has 12 N–H and O–H groups in total. The largest absolute Gasteiger partial charge is 2.00 e. The van der Waals surface area contributed by atoms with Gasteiger partial charge in [-0.3, -0.25) is 0 Å². The zero-order chi connectivity index (χ0) is 3.58. The second-order valence-electron chi connectivity index (χ2n) is 0.224. The molecule has 0 spiro atoms. The first-order valence-electron chi connectivity index (χ1n) is 0.548. The first-order valence-corrected chi connectivity index (χ1v) is 0.548. The molecule has 0 unspecified atom stereocenters. The topological polar surface area (TPSA) is 255 Å². The summed E-state index contributed by atoms with van der Waals surface area (Å²) < 4.78 is 0. The SMILES string of the molecule is O.O.O.O.O.O.O=[N+]([O-])[O-].[Mn+2]. The summed E-state index contributed by atoms with van der Waals surface area (Å²) in [5.41, 5.74) is 0. The van der Waals surface area contributed by atoms with Crippen molar-refractivity contribution < 1.29 is 55.0 Å². The van der Waals surface area contributed by atoms with Gasteiger partial charge in [0.2, 0.25) is 0 Å². The van der Waals surface area contributed by atoms with Gasteiger partial charge in [0.1, 0.15) is 0 Å². The minimum Gasteiger partial charge on any atom is -0.412 e. The number of nitrogens with zero attached hydrogens (tertiary/aromatic N) is 1. The fourth-order valence-electron chi connectivity index (χ4n) is 0. The summed E-state index contributed by atoms with van der Waals surface area (Å²) in [4.78, 5) is 8.25. The zero-order valence-electron chi connectivity index (χ0n) is 5.05. The molecular formula is H12MnNO9+. The van der Waals surface area contributed by atoms with Crippen molar-refractivity contribution in [2.75, 3.05) is 0 Å². The van der Waals surface area contributed by atoms with Crippen molar-refractivity contribution in [3.63, 3.8) is 0 Å². The van der Waals surface area contributed by atoms with Gasteiger partial charge in [-0.15, -0.1) is 0 Å². The molecule has 11 heteroatoms. The van der Waals surface area contributed by atoms with E-state index in [4.69, 9.17) is 15.3 Å². The van der Waals surface area contributed by atoms with E-state index in [1.165, 1.54) is 0 Å². The third kappa shape index (κ3) is 1960. The fraction of sp³-hybridized carbons (Fsp3) is 0. The Morgan fingerprint density at radius 1 is 0.727 bits per heavy atom. The summed E-state index contributed by atoms with van der Waals surface area (Å²) in [6.45, 7) is 0. The molecule has 10 nitrogen and oxygen atoms in total. The van der Waals surface area contributed by atoms with E-state index in [2.05, 4.69) is 0 Å². The molecule has 0 bridgehead atoms. The maximum atomic E-state index is 8.25. The third-order valence-corrected chi connectivity index (χ3v) is 0. The standard InChI is InChI=1S/Mn.NO3.6H2O/c;2-1(3)4;;;;;;/h;;6*1H2/q+2;-1;;;;;;. The molecule has 1 radical (unpaired) electrons. The molecule has 0 heterocycles. The van der Waals surface area contributed by atoms with Crippen LogP contribution in [-0.2, 0) is 17.1 Å². The van der Waals surface area contributed by atoms with Crippen molar-refractivity contribution in [1.29, 1.82) is 0 Å². The molecular weight excluding hydrogens is 213 g/mol. The van der Waals surface area contributed by atoms with Gasteiger partial charge in [-0.25, -0.2) is 0 Å². The molecule has 0 amide bonds. The quantitative estimate of drug-likeness (QED) is 0.222. The molecule has 0 rings (SSSR count). The Morgan fingerprint density at radius 3 is 0.727 bits per heavy atom. The normalized spacial score (nSPS) is 2.18. The van der Waals surface area contributed by atoms with Crippen LogP contribution in [0.2, 0.25) is 0 Å². The number of hydrogen-bond acceptors (Lipinski definition) is 3. The van der Waals surface area contributed by atoms with Gasteiger partial charge < -0.3 is 48.2 Å². The second kappa shape index (κ2) is 111. The smallest absolute Gasteiger partial charge is 0.412 e. The number of rotatable bonds is 0. The van der Waals surface area contributed by atoms with Gasteiger partial charge in [-0.05, 0) is 0 Å². The Morgan fingerprint density at radius 2 is 0.727 bits per heavy atom. The van der Waals surface area contributed by atoms with Crippen molar-refractivity contribution in [3.8, 4) is 0 Å². The molecule has 0 aliphatic rings. The molecule has 77 valence electrons. The zero-order valence-corrected chi connectivity index (χ0v) is 6.23. The predicted octanol–water partition coefficient (Wildman–Crippen LogP) is -5.19. The summed E-state index contributed by atoms with van der Waals surface area (Å²) in [7, 11) is 0. The maximum absolute atomic E-state index is 8.25. The van der Waals surface area contributed by atoms with Crippen LogP contribution in [0.4, 0.5) is 0 Å². The summed E-state index contributed by atoms with van der Waals surface area (Å²) in [5, 5.41) is 14.8. The Balaban J connectivity index is -0.00000000214. The van der Waals surface area contributed by atoms with E-state index in [-0.39, 0.29) is 49.9 Å². The van der Waals surface area contributed by atoms with Gasteiger partial charge in [0.25, 0.3) is 0 Å². The Labute approximate surface area is 71.3 Å². The third-order valence-electron chi connectivity index (χ3n) is 0. The van der Waals surface area contributed by atoms with E-state index in [1.807, 2.05) is 0 Å². The van der Waals surface area contributed by atoms with Crippen LogP contribution >= 0.6 is 0 Å². The van der Waals surface area contributed by atoms with Gasteiger partial charge in [0, 0.05) is 0 Å². The Bertz CT molecular complexity index is 32.5. The first kappa shape index (κ1) is 153. The van der Waals surface area contributed by atoms with Crippen LogP contribution in [0.3, 0.4) is 0 Å². The minimum absolute atomic E-state index is 0. The van der Waals surface area contributed by atoms with Gasteiger partial charge in [0.05, 0.1) is 5.09 Å². The van der Waals surface area contributed by atoms with Gasteiger partial charge in [0.15, 0.2) is 0 Å². The van der Waals surface area contributed by atoms with Crippen LogP contribution in [0.5, 0.6) is 0 Å². The monoisotopic (exact) mass is 225 g/mol. The van der Waals surface area contributed by atoms with E-state index < -0.39 is 5.09 Å². The first-order chi connectivity index (χ1) is 1.73. The second-order valence-corrected chi connectivity index (χ2v) is 0.224. The van der Waals surface area contributed by atoms with E-state index >= 15 is 0 Å². The van der Waals surface area contributed by atoms with Crippen molar-refractivity contribution in [3.05, 3.63) is 15.3 Å². The van der Waals surface area contributed by atoms with Crippen molar-refractivity contribution in [1.82, 2.24) is 0 Å². The van der Waals surface area contributed by atoms with Crippen molar-refractivity contribution in [2.24, 2.45) is 0 Å². The van der Waals surface area contributed by atoms with Gasteiger partial charge in [-0.1, -0.05) is 0 Å². The Hall–Kier alpha value is -0.521. The predicted molar refractivity (Wildman–Crippen MR) is 32.0 cm³/mol. The van der Waals surface area contributed by atoms with E-state index in [1.54, 1.807) is 0 Å². The molecule has 0 fully saturated rings. The average Bonchev–Trinajstić information content (AvgIpc) is 0.811. The van der Waals surface area contributed by atoms with Crippen LogP contribution in [0.25, 0.3) is 0 Å². The van der Waals surface area contributed by atoms with E-state index in [9.17, 15) is 0 Å². The molecule has 0 aromatic carbocycles. The molecule has 0 aliphatic heterocycles. The molecule has 0 saturated heterocycles. The van der Waals surface area contributed by atoms with E-state index in [0.29, 0.717) is 0 Å². The van der Waals surface area contributed by atoms with Crippen LogP contribution in [0, 0.1) is 15.3 Å². The van der Waals surface area contributed by atoms with Crippen LogP contribution < -0.4 is 0 Å². The summed E-state index contributed by atoms with van der Waals surface area (Å²) >= 11 is 0.